The summed E-state index contributed by atoms with van der Waals surface area (Å²) in [7, 11) is 0. The molecule has 88 valence electrons. The molecule has 4 nitrogen and oxygen atoms in total. The molecule has 0 fully saturated rings. The lowest BCUT2D eigenvalue weighted by Gasteiger charge is -2.26. The van der Waals surface area contributed by atoms with E-state index >= 15 is 0 Å². The maximum absolute atomic E-state index is 11.2. The Morgan fingerprint density at radius 2 is 2.12 bits per heavy atom. The van der Waals surface area contributed by atoms with E-state index < -0.39 is 6.09 Å². The molecule has 0 aliphatic rings. The number of rotatable bonds is 2. The molecule has 1 amide bonds. The first-order chi connectivity index (χ1) is 7.29. The summed E-state index contributed by atoms with van der Waals surface area (Å²) in [6.07, 6.45) is -0.986. The molecule has 0 saturated carbocycles. The normalized spacial score (nSPS) is 11.2. The van der Waals surface area contributed by atoms with Crippen molar-refractivity contribution in [3.05, 3.63) is 22.8 Å². The smallest absolute Gasteiger partial charge is 0.413 e. The van der Waals surface area contributed by atoms with E-state index in [9.17, 15) is 4.79 Å². The standard InChI is InChI=1S/C11H15BrN2O2/c1-11(2,3)7-14(10(15)16)9-6-4-5-8(12)13-9/h4-6H,7H2,1-3H3,(H,15,16). The van der Waals surface area contributed by atoms with Crippen molar-refractivity contribution in [1.29, 1.82) is 0 Å². The van der Waals surface area contributed by atoms with Gasteiger partial charge in [-0.1, -0.05) is 26.8 Å². The SMILES string of the molecule is CC(C)(C)CN(C(=O)O)c1cccc(Br)n1. The second kappa shape index (κ2) is 4.82. The third-order valence-electron chi connectivity index (χ3n) is 1.84. The predicted octanol–water partition coefficient (Wildman–Crippen LogP) is 3.37. The fourth-order valence-electron chi connectivity index (χ4n) is 1.27. The van der Waals surface area contributed by atoms with E-state index in [-0.39, 0.29) is 5.41 Å². The minimum Gasteiger partial charge on any atom is -0.465 e. The van der Waals surface area contributed by atoms with Gasteiger partial charge >= 0.3 is 6.09 Å². The molecule has 0 unspecified atom stereocenters. The number of hydrogen-bond acceptors (Lipinski definition) is 2. The molecule has 1 rings (SSSR count). The van der Waals surface area contributed by atoms with Gasteiger partial charge in [0, 0.05) is 6.54 Å². The lowest BCUT2D eigenvalue weighted by Crippen LogP contribution is -2.37. The second-order valence-corrected chi connectivity index (χ2v) is 5.56. The lowest BCUT2D eigenvalue weighted by molar-refractivity contribution is 0.198. The topological polar surface area (TPSA) is 53.4 Å². The molecule has 5 heteroatoms. The van der Waals surface area contributed by atoms with Crippen LogP contribution >= 0.6 is 15.9 Å². The largest absolute Gasteiger partial charge is 0.465 e. The molecular weight excluding hydrogens is 272 g/mol. The third kappa shape index (κ3) is 3.81. The zero-order valence-electron chi connectivity index (χ0n) is 9.57. The van der Waals surface area contributed by atoms with Crippen LogP contribution in [-0.2, 0) is 0 Å². The molecule has 1 heterocycles. The maximum atomic E-state index is 11.2. The maximum Gasteiger partial charge on any atom is 0.413 e. The van der Waals surface area contributed by atoms with Gasteiger partial charge in [0.15, 0.2) is 0 Å². The highest BCUT2D eigenvalue weighted by atomic mass is 79.9. The molecule has 16 heavy (non-hydrogen) atoms. The van der Waals surface area contributed by atoms with Crippen LogP contribution in [0.3, 0.4) is 0 Å². The van der Waals surface area contributed by atoms with Crippen LogP contribution in [0, 0.1) is 5.41 Å². The predicted molar refractivity (Wildman–Crippen MR) is 66.8 cm³/mol. The minimum atomic E-state index is -0.986. The summed E-state index contributed by atoms with van der Waals surface area (Å²) in [6.45, 7) is 6.37. The van der Waals surface area contributed by atoms with Crippen molar-refractivity contribution in [3.8, 4) is 0 Å². The van der Waals surface area contributed by atoms with Crippen molar-refractivity contribution < 1.29 is 9.90 Å². The molecule has 1 aromatic rings. The Hall–Kier alpha value is -1.10. The van der Waals surface area contributed by atoms with Crippen LogP contribution in [-0.4, -0.2) is 22.7 Å². The number of carbonyl (C=O) groups is 1. The molecule has 0 saturated heterocycles. The summed E-state index contributed by atoms with van der Waals surface area (Å²) in [5.41, 5.74) is -0.109. The molecule has 0 aliphatic heterocycles. The molecule has 0 aromatic carbocycles. The number of amides is 1. The van der Waals surface area contributed by atoms with Crippen LogP contribution in [0.1, 0.15) is 20.8 Å². The van der Waals surface area contributed by atoms with Gasteiger partial charge in [-0.2, -0.15) is 0 Å². The molecule has 0 radical (unpaired) electrons. The van der Waals surface area contributed by atoms with Crippen LogP contribution in [0.2, 0.25) is 0 Å². The monoisotopic (exact) mass is 286 g/mol. The zero-order chi connectivity index (χ0) is 12.3. The summed E-state index contributed by atoms with van der Waals surface area (Å²) in [5.74, 6) is 0.441. The second-order valence-electron chi connectivity index (χ2n) is 4.75. The van der Waals surface area contributed by atoms with E-state index in [0.29, 0.717) is 17.0 Å². The molecule has 1 aromatic heterocycles. The van der Waals surface area contributed by atoms with Gasteiger partial charge in [0.1, 0.15) is 10.4 Å². The zero-order valence-corrected chi connectivity index (χ0v) is 11.2. The Morgan fingerprint density at radius 3 is 2.56 bits per heavy atom. The highest BCUT2D eigenvalue weighted by Crippen LogP contribution is 2.21. The summed E-state index contributed by atoms with van der Waals surface area (Å²) in [4.78, 5) is 16.6. The van der Waals surface area contributed by atoms with E-state index in [1.54, 1.807) is 18.2 Å². The van der Waals surface area contributed by atoms with Crippen molar-refractivity contribution >= 4 is 27.8 Å². The first-order valence-electron chi connectivity index (χ1n) is 4.92. The van der Waals surface area contributed by atoms with Crippen molar-refractivity contribution in [2.45, 2.75) is 20.8 Å². The van der Waals surface area contributed by atoms with Crippen molar-refractivity contribution in [3.63, 3.8) is 0 Å². The Balaban J connectivity index is 2.99. The number of pyridine rings is 1. The van der Waals surface area contributed by atoms with Gasteiger partial charge in [-0.15, -0.1) is 0 Å². The fourth-order valence-corrected chi connectivity index (χ4v) is 1.60. The van der Waals surface area contributed by atoms with Crippen LogP contribution in [0.25, 0.3) is 0 Å². The molecule has 0 spiro atoms. The van der Waals surface area contributed by atoms with Crippen LogP contribution in [0.4, 0.5) is 10.6 Å². The van der Waals surface area contributed by atoms with E-state index in [1.807, 2.05) is 20.8 Å². The lowest BCUT2D eigenvalue weighted by atomic mass is 9.96. The quantitative estimate of drug-likeness (QED) is 0.848. The average molecular weight is 287 g/mol. The number of carboxylic acid groups (broad SMARTS) is 1. The van der Waals surface area contributed by atoms with Crippen molar-refractivity contribution in [1.82, 2.24) is 4.98 Å². The first-order valence-corrected chi connectivity index (χ1v) is 5.72. The van der Waals surface area contributed by atoms with E-state index in [1.165, 1.54) is 4.90 Å². The Labute approximate surface area is 103 Å². The number of anilines is 1. The number of nitrogens with zero attached hydrogens (tertiary/aromatic N) is 2. The molecule has 0 atom stereocenters. The average Bonchev–Trinajstić information content (AvgIpc) is 2.12. The van der Waals surface area contributed by atoms with Gasteiger partial charge in [0.25, 0.3) is 0 Å². The Kier molecular flexibility index (Phi) is 3.91. The van der Waals surface area contributed by atoms with E-state index in [2.05, 4.69) is 20.9 Å². The van der Waals surface area contributed by atoms with E-state index in [4.69, 9.17) is 5.11 Å². The minimum absolute atomic E-state index is 0.109. The molecule has 1 N–H and O–H groups in total. The third-order valence-corrected chi connectivity index (χ3v) is 2.28. The van der Waals surface area contributed by atoms with Gasteiger partial charge < -0.3 is 5.11 Å². The number of aromatic nitrogens is 1. The Bertz CT molecular complexity index is 388. The summed E-state index contributed by atoms with van der Waals surface area (Å²) in [5, 5.41) is 9.15. The van der Waals surface area contributed by atoms with Crippen LogP contribution in [0.15, 0.2) is 22.8 Å². The summed E-state index contributed by atoms with van der Waals surface area (Å²) >= 11 is 3.23. The van der Waals surface area contributed by atoms with Crippen LogP contribution < -0.4 is 4.90 Å². The highest BCUT2D eigenvalue weighted by Gasteiger charge is 2.22. The first kappa shape index (κ1) is 13.0. The van der Waals surface area contributed by atoms with E-state index in [0.717, 1.165) is 0 Å². The summed E-state index contributed by atoms with van der Waals surface area (Å²) < 4.78 is 0.630. The number of halogens is 1. The van der Waals surface area contributed by atoms with Gasteiger partial charge in [0.2, 0.25) is 0 Å². The molecule has 0 aliphatic carbocycles. The number of hydrogen-bond donors (Lipinski definition) is 1. The molecule has 0 bridgehead atoms. The van der Waals surface area contributed by atoms with Gasteiger partial charge in [-0.3, -0.25) is 4.90 Å². The van der Waals surface area contributed by atoms with Gasteiger partial charge in [-0.05, 0) is 33.5 Å². The fraction of sp³-hybridized carbons (Fsp3) is 0.455. The summed E-state index contributed by atoms with van der Waals surface area (Å²) in [6, 6.07) is 5.22. The van der Waals surface area contributed by atoms with Gasteiger partial charge in [-0.25, -0.2) is 9.78 Å². The molecular formula is C11H15BrN2O2. The van der Waals surface area contributed by atoms with Crippen LogP contribution in [0.5, 0.6) is 0 Å². The van der Waals surface area contributed by atoms with Gasteiger partial charge in [0.05, 0.1) is 0 Å². The highest BCUT2D eigenvalue weighted by molar-refractivity contribution is 9.10. The van der Waals surface area contributed by atoms with Crippen molar-refractivity contribution in [2.75, 3.05) is 11.4 Å². The van der Waals surface area contributed by atoms with Crippen molar-refractivity contribution in [2.24, 2.45) is 5.41 Å². The Morgan fingerprint density at radius 1 is 1.50 bits per heavy atom.